The van der Waals surface area contributed by atoms with Crippen molar-refractivity contribution in [3.05, 3.63) is 94.8 Å². The number of esters is 1. The van der Waals surface area contributed by atoms with Crippen molar-refractivity contribution in [2.24, 2.45) is 0 Å². The van der Waals surface area contributed by atoms with Crippen LogP contribution in [-0.4, -0.2) is 20.9 Å². The molecule has 0 spiro atoms. The number of ether oxygens (including phenoxy) is 3. The fourth-order valence-electron chi connectivity index (χ4n) is 3.48. The van der Waals surface area contributed by atoms with Crippen molar-refractivity contribution in [2.75, 3.05) is 6.54 Å². The zero-order valence-corrected chi connectivity index (χ0v) is 19.3. The Kier molecular flexibility index (Phi) is 7.26. The molecule has 0 radical (unpaired) electrons. The number of sulfonamides is 1. The molecule has 0 saturated carbocycles. The van der Waals surface area contributed by atoms with Crippen molar-refractivity contribution < 1.29 is 31.8 Å². The smallest absolute Gasteiger partial charge is 0.307 e. The van der Waals surface area contributed by atoms with Gasteiger partial charge in [-0.1, -0.05) is 48.0 Å². The van der Waals surface area contributed by atoms with E-state index in [9.17, 15) is 17.6 Å². The molecule has 9 heteroatoms. The van der Waals surface area contributed by atoms with E-state index in [1.54, 1.807) is 12.1 Å². The first-order valence-electron chi connectivity index (χ1n) is 10.7. The van der Waals surface area contributed by atoms with Gasteiger partial charge in [0.15, 0.2) is 0 Å². The van der Waals surface area contributed by atoms with Gasteiger partial charge in [0.2, 0.25) is 16.3 Å². The zero-order chi connectivity index (χ0) is 24.1. The van der Waals surface area contributed by atoms with E-state index in [0.717, 1.165) is 11.1 Å². The molecule has 3 aromatic carbocycles. The van der Waals surface area contributed by atoms with Crippen molar-refractivity contribution in [1.82, 2.24) is 4.72 Å². The van der Waals surface area contributed by atoms with Gasteiger partial charge < -0.3 is 14.2 Å². The maximum atomic E-state index is 14.1. The van der Waals surface area contributed by atoms with Crippen LogP contribution in [0.4, 0.5) is 4.39 Å². The summed E-state index contributed by atoms with van der Waals surface area (Å²) in [7, 11) is -3.73. The Hall–Kier alpha value is -3.27. The van der Waals surface area contributed by atoms with E-state index in [4.69, 9.17) is 14.2 Å². The van der Waals surface area contributed by atoms with Crippen molar-refractivity contribution >= 4 is 16.0 Å². The van der Waals surface area contributed by atoms with E-state index < -0.39 is 28.1 Å². The van der Waals surface area contributed by atoms with E-state index in [0.29, 0.717) is 16.9 Å². The van der Waals surface area contributed by atoms with Gasteiger partial charge in [-0.2, -0.15) is 0 Å². The highest BCUT2D eigenvalue weighted by Crippen LogP contribution is 2.36. The second kappa shape index (κ2) is 10.3. The molecular formula is C25H24FNO6S. The van der Waals surface area contributed by atoms with E-state index in [1.165, 1.54) is 24.3 Å². The van der Waals surface area contributed by atoms with Gasteiger partial charge in [0, 0.05) is 23.2 Å². The molecule has 0 amide bonds. The van der Waals surface area contributed by atoms with Crippen LogP contribution in [0.2, 0.25) is 0 Å². The number of aryl methyl sites for hydroxylation is 1. The minimum atomic E-state index is -3.73. The molecule has 1 unspecified atom stereocenters. The minimum absolute atomic E-state index is 0.116. The Labute approximate surface area is 197 Å². The molecule has 4 rings (SSSR count). The molecule has 0 bridgehead atoms. The largest absolute Gasteiger partial charge is 0.461 e. The second-order valence-electron chi connectivity index (χ2n) is 7.85. The van der Waals surface area contributed by atoms with Crippen LogP contribution in [0.15, 0.2) is 71.6 Å². The number of hydrogen-bond donors (Lipinski definition) is 1. The van der Waals surface area contributed by atoms with E-state index in [1.807, 2.05) is 37.3 Å². The quantitative estimate of drug-likeness (QED) is 0.482. The topological polar surface area (TPSA) is 90.9 Å². The summed E-state index contributed by atoms with van der Waals surface area (Å²) in [4.78, 5) is 12.3. The van der Waals surface area contributed by atoms with Crippen molar-refractivity contribution in [3.63, 3.8) is 0 Å². The number of carbonyl (C=O) groups is 1. The van der Waals surface area contributed by atoms with Crippen LogP contribution < -0.4 is 9.46 Å². The van der Waals surface area contributed by atoms with Gasteiger partial charge in [-0.15, -0.1) is 0 Å². The van der Waals surface area contributed by atoms with Crippen LogP contribution in [0.5, 0.6) is 5.75 Å². The highest BCUT2D eigenvalue weighted by molar-refractivity contribution is 7.89. The number of carbonyl (C=O) groups excluding carboxylic acids is 1. The normalized spacial score (nSPS) is 15.3. The molecule has 3 aromatic rings. The molecular weight excluding hydrogens is 461 g/mol. The van der Waals surface area contributed by atoms with Crippen LogP contribution in [0.1, 0.15) is 35.0 Å². The summed E-state index contributed by atoms with van der Waals surface area (Å²) in [5, 5.41) is 0. The number of benzene rings is 3. The van der Waals surface area contributed by atoms with Gasteiger partial charge in [0.05, 0.1) is 17.9 Å². The molecule has 1 atom stereocenters. The lowest BCUT2D eigenvalue weighted by Crippen LogP contribution is -2.26. The molecule has 7 nitrogen and oxygen atoms in total. The number of halogens is 1. The summed E-state index contributed by atoms with van der Waals surface area (Å²) in [6.45, 7) is 1.66. The predicted octanol–water partition coefficient (Wildman–Crippen LogP) is 4.15. The van der Waals surface area contributed by atoms with E-state index >= 15 is 0 Å². The van der Waals surface area contributed by atoms with Gasteiger partial charge >= 0.3 is 5.97 Å². The summed E-state index contributed by atoms with van der Waals surface area (Å²) in [6, 6.07) is 18.3. The molecule has 0 aromatic heterocycles. The Bertz CT molecular complexity index is 1260. The Morgan fingerprint density at radius 2 is 1.85 bits per heavy atom. The van der Waals surface area contributed by atoms with Crippen LogP contribution >= 0.6 is 0 Å². The van der Waals surface area contributed by atoms with Gasteiger partial charge in [-0.05, 0) is 31.2 Å². The molecule has 1 aliphatic heterocycles. The summed E-state index contributed by atoms with van der Waals surface area (Å²) >= 11 is 0. The molecule has 34 heavy (non-hydrogen) atoms. The summed E-state index contributed by atoms with van der Waals surface area (Å²) < 4.78 is 58.0. The van der Waals surface area contributed by atoms with Gasteiger partial charge in [-0.25, -0.2) is 17.5 Å². The second-order valence-corrected chi connectivity index (χ2v) is 9.61. The average molecular weight is 486 g/mol. The highest BCUT2D eigenvalue weighted by atomic mass is 32.2. The summed E-state index contributed by atoms with van der Waals surface area (Å²) in [5.74, 6) is -0.716. The first-order chi connectivity index (χ1) is 16.3. The monoisotopic (exact) mass is 485 g/mol. The van der Waals surface area contributed by atoms with E-state index in [-0.39, 0.29) is 31.1 Å². The lowest BCUT2D eigenvalue weighted by atomic mass is 10.1. The fourth-order valence-corrected chi connectivity index (χ4v) is 4.51. The molecule has 1 heterocycles. The van der Waals surface area contributed by atoms with Gasteiger partial charge in [-0.3, -0.25) is 4.79 Å². The fraction of sp³-hybridized carbons (Fsp3) is 0.240. The third-order valence-corrected chi connectivity index (χ3v) is 6.71. The van der Waals surface area contributed by atoms with Crippen LogP contribution in [-0.2, 0) is 37.5 Å². The number of hydrogen-bond acceptors (Lipinski definition) is 6. The van der Waals surface area contributed by atoms with Crippen molar-refractivity contribution in [1.29, 1.82) is 0 Å². The molecule has 1 N–H and O–H groups in total. The SMILES string of the molecule is Cc1ccc(S(=O)(=O)NCCC(=O)OCc2cc(F)cc3c2OC(c2ccccc2)OC3)cc1. The molecule has 178 valence electrons. The lowest BCUT2D eigenvalue weighted by Gasteiger charge is -2.28. The number of nitrogens with one attached hydrogen (secondary N) is 1. The third-order valence-electron chi connectivity index (χ3n) is 5.24. The molecule has 1 aliphatic rings. The zero-order valence-electron chi connectivity index (χ0n) is 18.5. The number of rotatable bonds is 8. The Morgan fingerprint density at radius 3 is 2.59 bits per heavy atom. The van der Waals surface area contributed by atoms with Crippen molar-refractivity contribution in [3.8, 4) is 5.75 Å². The highest BCUT2D eigenvalue weighted by Gasteiger charge is 2.25. The lowest BCUT2D eigenvalue weighted by molar-refractivity contribution is -0.145. The van der Waals surface area contributed by atoms with Gasteiger partial charge in [0.1, 0.15) is 18.2 Å². The maximum absolute atomic E-state index is 14.1. The van der Waals surface area contributed by atoms with Gasteiger partial charge in [0.25, 0.3) is 0 Å². The maximum Gasteiger partial charge on any atom is 0.307 e. The minimum Gasteiger partial charge on any atom is -0.461 e. The predicted molar refractivity (Wildman–Crippen MR) is 122 cm³/mol. The van der Waals surface area contributed by atoms with Crippen LogP contribution in [0.3, 0.4) is 0 Å². The van der Waals surface area contributed by atoms with Crippen molar-refractivity contribution in [2.45, 2.75) is 37.7 Å². The van der Waals surface area contributed by atoms with Crippen LogP contribution in [0.25, 0.3) is 0 Å². The molecule has 0 saturated heterocycles. The summed E-state index contributed by atoms with van der Waals surface area (Å²) in [6.07, 6.45) is -0.844. The Balaban J connectivity index is 1.35. The third kappa shape index (κ3) is 5.80. The Morgan fingerprint density at radius 1 is 1.12 bits per heavy atom. The standard InChI is InChI=1S/C25H24FNO6S/c1-17-7-9-22(10-8-17)34(29,30)27-12-11-23(28)31-15-19-13-21(26)14-20-16-32-25(33-24(19)20)18-5-3-2-4-6-18/h2-10,13-14,25,27H,11-12,15-16H2,1H3. The average Bonchev–Trinajstić information content (AvgIpc) is 2.83. The summed E-state index contributed by atoms with van der Waals surface area (Å²) in [5.41, 5.74) is 2.63. The molecule has 0 fully saturated rings. The first-order valence-corrected chi connectivity index (χ1v) is 12.2. The van der Waals surface area contributed by atoms with E-state index in [2.05, 4.69) is 4.72 Å². The number of fused-ring (bicyclic) bond motifs is 1. The first kappa shape index (κ1) is 23.9. The molecule has 0 aliphatic carbocycles. The van der Waals surface area contributed by atoms with Crippen LogP contribution in [0, 0.1) is 12.7 Å².